The topological polar surface area (TPSA) is 302 Å². The summed E-state index contributed by atoms with van der Waals surface area (Å²) in [4.78, 5) is 112. The van der Waals surface area contributed by atoms with Gasteiger partial charge >= 0.3 is 0 Å². The zero-order valence-electron chi connectivity index (χ0n) is 40.7. The molecule has 10 atom stereocenters. The molecule has 66 heavy (non-hydrogen) atoms. The fourth-order valence-electron chi connectivity index (χ4n) is 8.84. The minimum atomic E-state index is -1.01. The predicted molar refractivity (Wildman–Crippen MR) is 253 cm³/mol. The number of carbonyl (C=O) groups excluding carboxylic acids is 8. The van der Waals surface area contributed by atoms with Gasteiger partial charge in [-0.1, -0.05) is 47.0 Å². The second-order valence-corrected chi connectivity index (χ2v) is 19.2. The molecule has 0 aromatic rings. The molecule has 3 amide bonds. The molecule has 2 heterocycles. The number of unbranched alkanes of at least 4 members (excludes halogenated alkanes) is 3. The molecule has 0 aromatic carbocycles. The number of fused-ring (bicyclic) bond motifs is 1. The van der Waals surface area contributed by atoms with E-state index in [1.54, 1.807) is 18.9 Å². The number of Topliss-reactive ketones (excluding diaryl/α,β-unsaturated/α-hetero) is 5. The van der Waals surface area contributed by atoms with Crippen molar-refractivity contribution in [3.8, 4) is 0 Å². The molecule has 1 saturated carbocycles. The Morgan fingerprint density at radius 2 is 1.18 bits per heavy atom. The maximum Gasteiger partial charge on any atom is 0.243 e. The third-order valence-electron chi connectivity index (χ3n) is 13.5. The number of amides is 3. The first kappa shape index (κ1) is 56.8. The van der Waals surface area contributed by atoms with Gasteiger partial charge in [-0.05, 0) is 122 Å². The number of rotatable bonds is 16. The Labute approximate surface area is 392 Å². The summed E-state index contributed by atoms with van der Waals surface area (Å²) in [7, 11) is 0. The highest BCUT2D eigenvalue weighted by Gasteiger charge is 2.42. The number of hydrogen-bond donors (Lipinski definition) is 10. The van der Waals surface area contributed by atoms with E-state index >= 15 is 0 Å². The van der Waals surface area contributed by atoms with E-state index < -0.39 is 83.5 Å². The molecular formula is C47H85N11O8. The van der Waals surface area contributed by atoms with Crippen LogP contribution >= 0.6 is 0 Å². The molecule has 2 saturated heterocycles. The summed E-state index contributed by atoms with van der Waals surface area (Å²) in [5.74, 6) is -4.56. The molecule has 4 unspecified atom stereocenters. The van der Waals surface area contributed by atoms with Gasteiger partial charge in [-0.15, -0.1) is 0 Å². The van der Waals surface area contributed by atoms with Gasteiger partial charge in [-0.3, -0.25) is 49.0 Å². The van der Waals surface area contributed by atoms with E-state index in [-0.39, 0.29) is 61.2 Å². The first-order chi connectivity index (χ1) is 31.5. The van der Waals surface area contributed by atoms with Crippen molar-refractivity contribution in [2.24, 2.45) is 40.9 Å². The van der Waals surface area contributed by atoms with Crippen LogP contribution in [-0.4, -0.2) is 146 Å². The van der Waals surface area contributed by atoms with Crippen LogP contribution < -0.4 is 54.5 Å². The first-order valence-electron chi connectivity index (χ1n) is 24.9. The third-order valence-corrected chi connectivity index (χ3v) is 13.5. The van der Waals surface area contributed by atoms with Gasteiger partial charge in [0.05, 0.1) is 55.4 Å². The Balaban J connectivity index is 2.01. The lowest BCUT2D eigenvalue weighted by atomic mass is 9.92. The van der Waals surface area contributed by atoms with Crippen LogP contribution in [0.25, 0.3) is 0 Å². The number of nitrogens with two attached hydrogens (primary N) is 3. The molecule has 3 aliphatic rings. The summed E-state index contributed by atoms with van der Waals surface area (Å²) in [6.45, 7) is 12.0. The van der Waals surface area contributed by atoms with Crippen LogP contribution in [0.5, 0.6) is 0 Å². The number of carbonyl (C=O) groups is 8. The molecule has 2 aliphatic heterocycles. The van der Waals surface area contributed by atoms with E-state index in [1.807, 2.05) is 27.7 Å². The summed E-state index contributed by atoms with van der Waals surface area (Å²) >= 11 is 0. The fraction of sp³-hybridized carbons (Fsp3) is 0.830. The van der Waals surface area contributed by atoms with Crippen molar-refractivity contribution in [3.05, 3.63) is 0 Å². The highest BCUT2D eigenvalue weighted by molar-refractivity contribution is 6.41. The Bertz CT molecular complexity index is 1610. The van der Waals surface area contributed by atoms with Gasteiger partial charge in [0.25, 0.3) is 0 Å². The summed E-state index contributed by atoms with van der Waals surface area (Å²) in [6, 6.07) is -7.03. The van der Waals surface area contributed by atoms with Crippen molar-refractivity contribution in [2.45, 2.75) is 180 Å². The molecule has 19 nitrogen and oxygen atoms in total. The molecule has 0 aromatic heterocycles. The SMILES string of the molecule is CC[C@H](C)[C@@H]1NC(=O)C(C(C)C)NCC(=O)C(C)NN2CCC[C@H]2C(=O)C(=O)[C@H](CCCCN)NCC(C2CC2)C(=O)[C@H](C)NC(=O)C(CCCCN)NC(=O)[C@H](CCCCN)NCC1=O. The van der Waals surface area contributed by atoms with Crippen LogP contribution in [-0.2, 0) is 38.4 Å². The maximum absolute atomic E-state index is 14.2. The smallest absolute Gasteiger partial charge is 0.243 e. The van der Waals surface area contributed by atoms with Gasteiger partial charge in [-0.25, -0.2) is 10.4 Å². The van der Waals surface area contributed by atoms with Crippen molar-refractivity contribution < 1.29 is 38.4 Å². The average molecular weight is 932 g/mol. The largest absolute Gasteiger partial charge is 0.345 e. The standard InChI is InChI=1S/C47H85N11O8/c1-7-29(4)41-39(60)27-52-35(16-9-12-22-49)45(64)55-36(17-10-13-23-50)46(65)54-31(6)42(61)33(32-19-20-32)25-51-34(15-8-11-21-48)43(62)44(63)37-18-14-24-58(37)57-30(5)38(59)26-53-40(28(2)3)47(66)56-41/h28-37,40-41,51-53,57H,7-27,48-50H2,1-6H3,(H,54,65)(H,55,64)(H,56,66)/t29-,30?,31-,33?,34-,35-,36?,37-,40?,41-/m0/s1. The van der Waals surface area contributed by atoms with Gasteiger partial charge in [0.2, 0.25) is 29.3 Å². The minimum absolute atomic E-state index is 0.0374. The maximum atomic E-state index is 14.2. The van der Waals surface area contributed by atoms with Gasteiger partial charge in [0, 0.05) is 19.0 Å². The van der Waals surface area contributed by atoms with E-state index in [1.165, 1.54) is 0 Å². The molecule has 0 bridgehead atoms. The zero-order valence-corrected chi connectivity index (χ0v) is 40.7. The van der Waals surface area contributed by atoms with Crippen LogP contribution in [0.3, 0.4) is 0 Å². The van der Waals surface area contributed by atoms with Crippen molar-refractivity contribution in [3.63, 3.8) is 0 Å². The Morgan fingerprint density at radius 3 is 1.76 bits per heavy atom. The molecule has 13 N–H and O–H groups in total. The Morgan fingerprint density at radius 1 is 0.606 bits per heavy atom. The molecule has 1 aliphatic carbocycles. The van der Waals surface area contributed by atoms with Crippen molar-refractivity contribution in [1.82, 2.24) is 42.3 Å². The molecule has 376 valence electrons. The normalized spacial score (nSPS) is 30.1. The number of nitrogens with one attached hydrogen (secondary N) is 7. The van der Waals surface area contributed by atoms with E-state index in [0.29, 0.717) is 96.8 Å². The first-order valence-corrected chi connectivity index (χ1v) is 24.9. The number of ketones is 5. The van der Waals surface area contributed by atoms with Crippen molar-refractivity contribution in [1.29, 1.82) is 0 Å². The van der Waals surface area contributed by atoms with Crippen LogP contribution in [0.2, 0.25) is 0 Å². The summed E-state index contributed by atoms with van der Waals surface area (Å²) in [5.41, 5.74) is 20.5. The number of hydrazine groups is 1. The molecule has 19 heteroatoms. The molecular weight excluding hydrogens is 847 g/mol. The highest BCUT2D eigenvalue weighted by atomic mass is 16.2. The zero-order chi connectivity index (χ0) is 48.9. The fourth-order valence-corrected chi connectivity index (χ4v) is 8.84. The van der Waals surface area contributed by atoms with Crippen LogP contribution in [0.4, 0.5) is 0 Å². The second-order valence-electron chi connectivity index (χ2n) is 19.2. The van der Waals surface area contributed by atoms with E-state index in [2.05, 4.69) is 37.3 Å². The summed E-state index contributed by atoms with van der Waals surface area (Å²) < 4.78 is 0. The van der Waals surface area contributed by atoms with Crippen LogP contribution in [0.15, 0.2) is 0 Å². The van der Waals surface area contributed by atoms with E-state index in [9.17, 15) is 38.4 Å². The van der Waals surface area contributed by atoms with Crippen LogP contribution in [0, 0.1) is 23.7 Å². The number of hydrogen-bond acceptors (Lipinski definition) is 16. The Hall–Kier alpha value is -3.56. The number of nitrogens with zero attached hydrogens (tertiary/aromatic N) is 1. The van der Waals surface area contributed by atoms with Gasteiger partial charge in [0.1, 0.15) is 6.04 Å². The second kappa shape index (κ2) is 29.4. The third kappa shape index (κ3) is 17.8. The lowest BCUT2D eigenvalue weighted by Crippen LogP contribution is -2.59. The monoisotopic (exact) mass is 932 g/mol. The predicted octanol–water partition coefficient (Wildman–Crippen LogP) is -0.333. The molecule has 0 radical (unpaired) electrons. The van der Waals surface area contributed by atoms with Gasteiger partial charge < -0.3 is 38.5 Å². The summed E-state index contributed by atoms with van der Waals surface area (Å²) in [6.07, 6.45) is 7.66. The van der Waals surface area contributed by atoms with Crippen LogP contribution in [0.1, 0.15) is 131 Å². The van der Waals surface area contributed by atoms with Gasteiger partial charge in [-0.2, -0.15) is 0 Å². The average Bonchev–Trinajstić information content (AvgIpc) is 4.03. The molecule has 0 spiro atoms. The van der Waals surface area contributed by atoms with Crippen molar-refractivity contribution >= 4 is 46.6 Å². The molecule has 3 fully saturated rings. The van der Waals surface area contributed by atoms with Gasteiger partial charge in [0.15, 0.2) is 17.3 Å². The quantitative estimate of drug-likeness (QED) is 0.0700. The highest BCUT2D eigenvalue weighted by Crippen LogP contribution is 2.37. The molecule has 3 rings (SSSR count). The minimum Gasteiger partial charge on any atom is -0.345 e. The van der Waals surface area contributed by atoms with E-state index in [0.717, 1.165) is 12.8 Å². The lowest BCUT2D eigenvalue weighted by molar-refractivity contribution is -0.141. The Kier molecular flexibility index (Phi) is 25.2. The summed E-state index contributed by atoms with van der Waals surface area (Å²) in [5, 5.41) is 19.8. The van der Waals surface area contributed by atoms with E-state index in [4.69, 9.17) is 17.2 Å². The lowest BCUT2D eigenvalue weighted by Gasteiger charge is -2.30. The van der Waals surface area contributed by atoms with Crippen molar-refractivity contribution in [2.75, 3.05) is 45.8 Å².